The molecule has 0 atom stereocenters. The molecule has 1 rings (SSSR count). The third kappa shape index (κ3) is 2.89. The minimum atomic E-state index is -0.129. The number of hydrogen-bond donors (Lipinski definition) is 0. The molecule has 0 amide bonds. The van der Waals surface area contributed by atoms with Crippen molar-refractivity contribution in [2.75, 3.05) is 0 Å². The molecule has 0 aliphatic carbocycles. The molecule has 0 unspecified atom stereocenters. The molecule has 0 bridgehead atoms. The van der Waals surface area contributed by atoms with Crippen molar-refractivity contribution < 1.29 is 13.7 Å². The van der Waals surface area contributed by atoms with E-state index in [9.17, 15) is 0 Å². The third-order valence-corrected chi connectivity index (χ3v) is 1.59. The Morgan fingerprint density at radius 2 is 1.55 bits per heavy atom. The van der Waals surface area contributed by atoms with Gasteiger partial charge in [-0.1, -0.05) is 13.3 Å². The lowest BCUT2D eigenvalue weighted by atomic mass is 9.70. The van der Waals surface area contributed by atoms with E-state index in [1.54, 1.807) is 0 Å². The Morgan fingerprint density at radius 3 is 2.00 bits per heavy atom. The van der Waals surface area contributed by atoms with Gasteiger partial charge < -0.3 is 13.7 Å². The van der Waals surface area contributed by atoms with E-state index >= 15 is 0 Å². The van der Waals surface area contributed by atoms with Crippen molar-refractivity contribution in [3.05, 3.63) is 0 Å². The van der Waals surface area contributed by atoms with Crippen LogP contribution in [-0.2, 0) is 13.7 Å². The normalized spacial score (nSPS) is 19.4. The summed E-state index contributed by atoms with van der Waals surface area (Å²) in [5, 5.41) is 0. The molecule has 60 valence electrons. The smallest absolute Gasteiger partial charge is 0.429 e. The van der Waals surface area contributed by atoms with E-state index in [-0.39, 0.29) is 21.4 Å². The average Bonchev–Trinajstić information content (AvgIpc) is 1.85. The maximum atomic E-state index is 5.35. The zero-order valence-electron chi connectivity index (χ0n) is 7.37. The van der Waals surface area contributed by atoms with Crippen LogP contribution in [0.1, 0.15) is 13.3 Å². The minimum absolute atomic E-state index is 0.0706. The van der Waals surface area contributed by atoms with Crippen LogP contribution < -0.4 is 0 Å². The van der Waals surface area contributed by atoms with E-state index in [4.69, 9.17) is 13.7 Å². The van der Waals surface area contributed by atoms with E-state index < -0.39 is 0 Å². The first-order valence-electron chi connectivity index (χ1n) is 4.18. The van der Waals surface area contributed by atoms with Crippen LogP contribution in [0.3, 0.4) is 0 Å². The molecule has 1 aliphatic rings. The topological polar surface area (TPSA) is 27.7 Å². The molecule has 0 aromatic carbocycles. The van der Waals surface area contributed by atoms with Gasteiger partial charge in [0.25, 0.3) is 0 Å². The highest BCUT2D eigenvalue weighted by Crippen LogP contribution is 2.11. The van der Waals surface area contributed by atoms with Crippen molar-refractivity contribution in [2.45, 2.75) is 33.3 Å². The highest BCUT2D eigenvalue weighted by atomic mass is 16.7. The molecular formula is C5H13B3O3. The second-order valence-electron chi connectivity index (χ2n) is 2.76. The van der Waals surface area contributed by atoms with Crippen molar-refractivity contribution in [3.8, 4) is 0 Å². The van der Waals surface area contributed by atoms with Gasteiger partial charge in [-0.3, -0.25) is 0 Å². The van der Waals surface area contributed by atoms with Gasteiger partial charge in [0.1, 0.15) is 0 Å². The average molecular weight is 154 g/mol. The maximum absolute atomic E-state index is 5.35. The summed E-state index contributed by atoms with van der Waals surface area (Å²) in [5.41, 5.74) is 0. The van der Waals surface area contributed by atoms with Crippen LogP contribution in [-0.4, -0.2) is 21.4 Å². The first-order chi connectivity index (χ1) is 5.22. The Morgan fingerprint density at radius 1 is 1.00 bits per heavy atom. The van der Waals surface area contributed by atoms with E-state index in [0.717, 1.165) is 12.7 Å². The minimum Gasteiger partial charge on any atom is -0.453 e. The van der Waals surface area contributed by atoms with Gasteiger partial charge in [-0.2, -0.15) is 0 Å². The summed E-state index contributed by atoms with van der Waals surface area (Å²) in [6.45, 7) is 5.89. The van der Waals surface area contributed by atoms with Crippen LogP contribution in [0, 0.1) is 0 Å². The molecule has 3 nitrogen and oxygen atoms in total. The van der Waals surface area contributed by atoms with Gasteiger partial charge in [0, 0.05) is 0 Å². The van der Waals surface area contributed by atoms with Crippen LogP contribution in [0.5, 0.6) is 0 Å². The lowest BCUT2D eigenvalue weighted by molar-refractivity contribution is 0.288. The van der Waals surface area contributed by atoms with Crippen molar-refractivity contribution >= 4 is 21.4 Å². The van der Waals surface area contributed by atoms with Crippen LogP contribution >= 0.6 is 0 Å². The highest BCUT2D eigenvalue weighted by molar-refractivity contribution is 6.72. The number of rotatable bonds is 2. The summed E-state index contributed by atoms with van der Waals surface area (Å²) < 4.78 is 15.9. The van der Waals surface area contributed by atoms with E-state index in [2.05, 4.69) is 6.92 Å². The standard InChI is InChI=1S/C5H13B3O3/c1-4-5-8-10-6(2)9-7(3)11-8/h4-5H2,1-3H3. The Hall–Kier alpha value is 0.0748. The summed E-state index contributed by atoms with van der Waals surface area (Å²) in [6.07, 6.45) is 2.02. The van der Waals surface area contributed by atoms with Crippen LogP contribution in [0.4, 0.5) is 0 Å². The fourth-order valence-electron chi connectivity index (χ4n) is 1.17. The molecule has 1 aliphatic heterocycles. The van der Waals surface area contributed by atoms with Gasteiger partial charge in [-0.05, 0) is 20.0 Å². The Balaban J connectivity index is 2.30. The molecule has 11 heavy (non-hydrogen) atoms. The SMILES string of the molecule is CCCB1OB(C)OB(C)O1. The Bertz CT molecular complexity index is 114. The van der Waals surface area contributed by atoms with Gasteiger partial charge in [-0.25, -0.2) is 0 Å². The van der Waals surface area contributed by atoms with Crippen molar-refractivity contribution in [3.63, 3.8) is 0 Å². The molecule has 1 heterocycles. The third-order valence-electron chi connectivity index (χ3n) is 1.59. The van der Waals surface area contributed by atoms with Crippen molar-refractivity contribution in [1.29, 1.82) is 0 Å². The van der Waals surface area contributed by atoms with Gasteiger partial charge in [0.15, 0.2) is 0 Å². The summed E-state index contributed by atoms with van der Waals surface area (Å²) in [7, 11) is -0.329. The van der Waals surface area contributed by atoms with Gasteiger partial charge in [0.2, 0.25) is 0 Å². The summed E-state index contributed by atoms with van der Waals surface area (Å²) in [6, 6.07) is 0. The molecule has 1 saturated heterocycles. The Labute approximate surface area is 69.2 Å². The lowest BCUT2D eigenvalue weighted by Crippen LogP contribution is -2.46. The molecular weight excluding hydrogens is 140 g/mol. The monoisotopic (exact) mass is 154 g/mol. The van der Waals surface area contributed by atoms with E-state index in [1.165, 1.54) is 0 Å². The molecule has 0 saturated carbocycles. The lowest BCUT2D eigenvalue weighted by Gasteiger charge is -2.27. The molecule has 0 N–H and O–H groups in total. The fourth-order valence-corrected chi connectivity index (χ4v) is 1.17. The molecule has 0 aromatic heterocycles. The largest absolute Gasteiger partial charge is 0.453 e. The summed E-state index contributed by atoms with van der Waals surface area (Å²) >= 11 is 0. The van der Waals surface area contributed by atoms with Gasteiger partial charge >= 0.3 is 21.4 Å². The molecule has 1 fully saturated rings. The first kappa shape index (κ1) is 9.17. The Kier molecular flexibility index (Phi) is 3.49. The van der Waals surface area contributed by atoms with Crippen LogP contribution in [0.25, 0.3) is 0 Å². The van der Waals surface area contributed by atoms with E-state index in [0.29, 0.717) is 0 Å². The van der Waals surface area contributed by atoms with E-state index in [1.807, 2.05) is 13.6 Å². The first-order valence-corrected chi connectivity index (χ1v) is 4.18. The summed E-state index contributed by atoms with van der Waals surface area (Å²) in [4.78, 5) is 0. The fraction of sp³-hybridized carbons (Fsp3) is 1.00. The van der Waals surface area contributed by atoms with Gasteiger partial charge in [0.05, 0.1) is 0 Å². The molecule has 0 spiro atoms. The zero-order chi connectivity index (χ0) is 8.27. The summed E-state index contributed by atoms with van der Waals surface area (Å²) in [5.74, 6) is 0. The molecule has 0 aromatic rings. The second-order valence-corrected chi connectivity index (χ2v) is 2.76. The van der Waals surface area contributed by atoms with Gasteiger partial charge in [-0.15, -0.1) is 0 Å². The number of hydrogen-bond acceptors (Lipinski definition) is 3. The van der Waals surface area contributed by atoms with Crippen LogP contribution in [0.15, 0.2) is 0 Å². The molecule has 0 radical (unpaired) electrons. The quantitative estimate of drug-likeness (QED) is 0.558. The second kappa shape index (κ2) is 4.19. The predicted molar refractivity (Wildman–Crippen MR) is 47.3 cm³/mol. The maximum Gasteiger partial charge on any atom is 0.429 e. The van der Waals surface area contributed by atoms with Crippen molar-refractivity contribution in [2.24, 2.45) is 0 Å². The van der Waals surface area contributed by atoms with Crippen LogP contribution in [0.2, 0.25) is 20.0 Å². The predicted octanol–water partition coefficient (Wildman–Crippen LogP) is 1.18. The zero-order valence-corrected chi connectivity index (χ0v) is 7.37. The van der Waals surface area contributed by atoms with Crippen molar-refractivity contribution in [1.82, 2.24) is 0 Å². The highest BCUT2D eigenvalue weighted by Gasteiger charge is 2.34. The molecule has 6 heteroatoms.